The van der Waals surface area contributed by atoms with E-state index >= 15 is 0 Å². The predicted octanol–water partition coefficient (Wildman–Crippen LogP) is 2.60. The van der Waals surface area contributed by atoms with Gasteiger partial charge in [0.1, 0.15) is 5.82 Å². The molecule has 4 aromatic rings. The molecule has 26 heavy (non-hydrogen) atoms. The van der Waals surface area contributed by atoms with Crippen LogP contribution in [0, 0.1) is 0 Å². The molecular formula is C18H14N6OS. The van der Waals surface area contributed by atoms with E-state index in [0.717, 1.165) is 9.79 Å². The van der Waals surface area contributed by atoms with Gasteiger partial charge in [0.15, 0.2) is 0 Å². The van der Waals surface area contributed by atoms with E-state index in [1.165, 1.54) is 6.20 Å². The van der Waals surface area contributed by atoms with Gasteiger partial charge in [0.25, 0.3) is 5.91 Å². The number of fused-ring (bicyclic) bond motifs is 1. The molecule has 3 heterocycles. The first-order valence-electron chi connectivity index (χ1n) is 7.89. The molecule has 0 radical (unpaired) electrons. The lowest BCUT2D eigenvalue weighted by atomic mass is 10.3. The molecule has 0 aliphatic carbocycles. The van der Waals surface area contributed by atoms with Crippen molar-refractivity contribution in [3.05, 3.63) is 78.9 Å². The van der Waals surface area contributed by atoms with Crippen molar-refractivity contribution in [2.75, 3.05) is 0 Å². The number of imidazole rings is 1. The molecule has 0 bridgehead atoms. The summed E-state index contributed by atoms with van der Waals surface area (Å²) in [7, 11) is 0. The summed E-state index contributed by atoms with van der Waals surface area (Å²) in [5.41, 5.74) is 0.451. The van der Waals surface area contributed by atoms with Crippen LogP contribution in [0.25, 0.3) is 5.78 Å². The largest absolute Gasteiger partial charge is 0.345 e. The average Bonchev–Trinajstić information content (AvgIpc) is 3.16. The van der Waals surface area contributed by atoms with Gasteiger partial charge in [0.05, 0.1) is 12.1 Å². The number of carbonyl (C=O) groups excluding carboxylic acids is 1. The lowest BCUT2D eigenvalue weighted by molar-refractivity contribution is 0.0949. The number of nitrogens with one attached hydrogen (secondary N) is 1. The van der Waals surface area contributed by atoms with Gasteiger partial charge in [-0.1, -0.05) is 30.0 Å². The molecule has 4 rings (SSSR count). The number of benzene rings is 1. The van der Waals surface area contributed by atoms with E-state index in [1.807, 2.05) is 30.3 Å². The molecule has 1 aromatic carbocycles. The summed E-state index contributed by atoms with van der Waals surface area (Å²) in [5.74, 6) is 0.864. The molecular weight excluding hydrogens is 348 g/mol. The zero-order valence-corrected chi connectivity index (χ0v) is 14.4. The van der Waals surface area contributed by atoms with Crippen LogP contribution in [0.1, 0.15) is 16.2 Å². The molecule has 0 saturated carbocycles. The Balaban J connectivity index is 1.37. The zero-order chi connectivity index (χ0) is 17.8. The zero-order valence-electron chi connectivity index (χ0n) is 13.6. The summed E-state index contributed by atoms with van der Waals surface area (Å²) >= 11 is 1.59. The van der Waals surface area contributed by atoms with E-state index in [1.54, 1.807) is 47.1 Å². The highest BCUT2D eigenvalue weighted by Crippen LogP contribution is 2.25. The van der Waals surface area contributed by atoms with Crippen molar-refractivity contribution in [1.29, 1.82) is 0 Å². The van der Waals surface area contributed by atoms with Crippen LogP contribution < -0.4 is 5.32 Å². The van der Waals surface area contributed by atoms with Gasteiger partial charge in [-0.2, -0.15) is 0 Å². The summed E-state index contributed by atoms with van der Waals surface area (Å²) in [6.45, 7) is 0.247. The monoisotopic (exact) mass is 362 g/mol. The minimum Gasteiger partial charge on any atom is -0.345 e. The minimum absolute atomic E-state index is 0.237. The van der Waals surface area contributed by atoms with Gasteiger partial charge < -0.3 is 5.32 Å². The van der Waals surface area contributed by atoms with Gasteiger partial charge in [0, 0.05) is 47.0 Å². The van der Waals surface area contributed by atoms with E-state index in [2.05, 4.69) is 25.3 Å². The Bertz CT molecular complexity index is 1030. The van der Waals surface area contributed by atoms with Crippen LogP contribution in [-0.2, 0) is 6.54 Å². The summed E-state index contributed by atoms with van der Waals surface area (Å²) < 4.78 is 1.70. The van der Waals surface area contributed by atoms with Crippen molar-refractivity contribution in [2.45, 2.75) is 16.3 Å². The summed E-state index contributed by atoms with van der Waals surface area (Å²) in [4.78, 5) is 31.1. The first kappa shape index (κ1) is 16.2. The number of carbonyl (C=O) groups is 1. The summed E-state index contributed by atoms with van der Waals surface area (Å²) in [5, 5.41) is 2.80. The second kappa shape index (κ2) is 7.32. The van der Waals surface area contributed by atoms with E-state index in [9.17, 15) is 4.79 Å². The molecule has 3 aromatic heterocycles. The number of nitrogens with zero attached hydrogens (tertiary/aromatic N) is 5. The normalized spacial score (nSPS) is 10.8. The Morgan fingerprint density at radius 1 is 1.00 bits per heavy atom. The van der Waals surface area contributed by atoms with Crippen LogP contribution in [0.2, 0.25) is 0 Å². The molecule has 8 heteroatoms. The maximum Gasteiger partial charge on any atom is 0.254 e. The summed E-state index contributed by atoms with van der Waals surface area (Å²) in [6.07, 6.45) is 10.1. The third-order valence-electron chi connectivity index (χ3n) is 3.58. The van der Waals surface area contributed by atoms with Crippen LogP contribution >= 0.6 is 11.8 Å². The molecule has 0 fully saturated rings. The highest BCUT2D eigenvalue weighted by Gasteiger charge is 2.08. The molecule has 1 N–H and O–H groups in total. The van der Waals surface area contributed by atoms with Crippen LogP contribution in [0.15, 0.2) is 77.3 Å². The molecule has 0 aliphatic heterocycles. The van der Waals surface area contributed by atoms with Crippen molar-refractivity contribution in [2.24, 2.45) is 0 Å². The Labute approximate surface area is 153 Å². The Morgan fingerprint density at radius 3 is 2.62 bits per heavy atom. The van der Waals surface area contributed by atoms with Gasteiger partial charge in [-0.05, 0) is 12.1 Å². The first-order valence-corrected chi connectivity index (χ1v) is 8.70. The fourth-order valence-corrected chi connectivity index (χ4v) is 3.08. The molecule has 0 spiro atoms. The van der Waals surface area contributed by atoms with Crippen LogP contribution in [0.5, 0.6) is 0 Å². The van der Waals surface area contributed by atoms with Crippen molar-refractivity contribution in [3.63, 3.8) is 0 Å². The van der Waals surface area contributed by atoms with Crippen molar-refractivity contribution < 1.29 is 4.79 Å². The quantitative estimate of drug-likeness (QED) is 0.587. The van der Waals surface area contributed by atoms with Crippen LogP contribution in [-0.4, -0.2) is 30.2 Å². The lowest BCUT2D eigenvalue weighted by Gasteiger charge is -2.05. The number of hydrogen-bond acceptors (Lipinski definition) is 6. The Kier molecular flexibility index (Phi) is 4.57. The number of amides is 1. The maximum atomic E-state index is 12.2. The minimum atomic E-state index is -0.237. The molecule has 0 aliphatic rings. The second-order valence-corrected chi connectivity index (χ2v) is 6.56. The van der Waals surface area contributed by atoms with Crippen LogP contribution in [0.3, 0.4) is 0 Å². The number of aromatic nitrogens is 5. The molecule has 1 amide bonds. The third kappa shape index (κ3) is 3.70. The Morgan fingerprint density at radius 2 is 1.81 bits per heavy atom. The molecule has 0 atom stereocenters. The standard InChI is InChI=1S/C18H14N6OS/c25-17(13-8-23-18-19-6-7-24(18)12-13)22-11-16-20-9-15(10-21-16)26-14-4-2-1-3-5-14/h1-10,12H,11H2,(H,22,25). The smallest absolute Gasteiger partial charge is 0.254 e. The van der Waals surface area contributed by atoms with Crippen molar-refractivity contribution in [1.82, 2.24) is 29.7 Å². The average molecular weight is 362 g/mol. The summed E-state index contributed by atoms with van der Waals surface area (Å²) in [6, 6.07) is 10.0. The van der Waals surface area contributed by atoms with E-state index < -0.39 is 0 Å². The second-order valence-electron chi connectivity index (χ2n) is 5.41. The van der Waals surface area contributed by atoms with Gasteiger partial charge in [0.2, 0.25) is 5.78 Å². The highest BCUT2D eigenvalue weighted by atomic mass is 32.2. The maximum absolute atomic E-state index is 12.2. The first-order chi connectivity index (χ1) is 12.8. The molecule has 0 unspecified atom stereocenters. The van der Waals surface area contributed by atoms with Gasteiger partial charge in [-0.3, -0.25) is 9.20 Å². The highest BCUT2D eigenvalue weighted by molar-refractivity contribution is 7.99. The number of hydrogen-bond donors (Lipinski definition) is 1. The van der Waals surface area contributed by atoms with Gasteiger partial charge in [-0.25, -0.2) is 19.9 Å². The topological polar surface area (TPSA) is 85.1 Å². The van der Waals surface area contributed by atoms with Crippen molar-refractivity contribution in [3.8, 4) is 0 Å². The Hall–Kier alpha value is -3.26. The van der Waals surface area contributed by atoms with Crippen LogP contribution in [0.4, 0.5) is 0 Å². The van der Waals surface area contributed by atoms with Gasteiger partial charge >= 0.3 is 0 Å². The number of rotatable bonds is 5. The molecule has 0 saturated heterocycles. The van der Waals surface area contributed by atoms with E-state index in [-0.39, 0.29) is 12.5 Å². The third-order valence-corrected chi connectivity index (χ3v) is 4.53. The molecule has 7 nitrogen and oxygen atoms in total. The fourth-order valence-electron chi connectivity index (χ4n) is 2.31. The predicted molar refractivity (Wildman–Crippen MR) is 96.8 cm³/mol. The van der Waals surface area contributed by atoms with Gasteiger partial charge in [-0.15, -0.1) is 0 Å². The SMILES string of the molecule is O=C(NCc1ncc(Sc2ccccc2)cn1)c1cnc2nccn2c1. The lowest BCUT2D eigenvalue weighted by Crippen LogP contribution is -2.24. The fraction of sp³-hybridized carbons (Fsp3) is 0.0556. The van der Waals surface area contributed by atoms with E-state index in [4.69, 9.17) is 0 Å². The van der Waals surface area contributed by atoms with E-state index in [0.29, 0.717) is 17.2 Å². The molecule has 128 valence electrons. The van der Waals surface area contributed by atoms with Crippen molar-refractivity contribution >= 4 is 23.4 Å².